The van der Waals surface area contributed by atoms with Crippen LogP contribution in [0.4, 0.5) is 0 Å². The quantitative estimate of drug-likeness (QED) is 0.674. The summed E-state index contributed by atoms with van der Waals surface area (Å²) < 4.78 is 0. The maximum Gasteiger partial charge on any atom is 0.121 e. The van der Waals surface area contributed by atoms with Gasteiger partial charge in [-0.25, -0.2) is 0 Å². The Labute approximate surface area is 172 Å². The molecule has 2 atom stereocenters. The van der Waals surface area contributed by atoms with Crippen LogP contribution in [0.5, 0.6) is 0 Å². The fourth-order valence-corrected chi connectivity index (χ4v) is 7.83. The monoisotopic (exact) mass is 378 g/mol. The van der Waals surface area contributed by atoms with Crippen molar-refractivity contribution in [2.24, 2.45) is 0 Å². The fraction of sp³-hybridized carbons (Fsp3) is 0.407. The second-order valence-electron chi connectivity index (χ2n) is 10.1. The van der Waals surface area contributed by atoms with Crippen LogP contribution >= 0.6 is 0 Å². The third-order valence-corrected chi connectivity index (χ3v) is 8.81. The van der Waals surface area contributed by atoms with Crippen LogP contribution in [0.25, 0.3) is 0 Å². The summed E-state index contributed by atoms with van der Waals surface area (Å²) in [6, 6.07) is 15.6. The van der Waals surface area contributed by atoms with Crippen molar-refractivity contribution in [3.63, 3.8) is 0 Å². The van der Waals surface area contributed by atoms with Gasteiger partial charge in [-0.1, -0.05) is 48.6 Å². The van der Waals surface area contributed by atoms with Gasteiger partial charge in [-0.05, 0) is 59.1 Å². The molecule has 0 N–H and O–H groups in total. The topological polar surface area (TPSA) is 6.48 Å². The molecule has 6 aliphatic rings. The number of benzene rings is 2. The molecular weight excluding hydrogens is 352 g/mol. The SMILES string of the molecule is C1=C2Cc3cccc4c3CC35Cc6c(cccc6CC6CC=C(C4)N63)CC(C1)N25. The fourth-order valence-electron chi connectivity index (χ4n) is 7.83. The van der Waals surface area contributed by atoms with Crippen LogP contribution in [0.2, 0.25) is 0 Å². The molecule has 0 aromatic heterocycles. The summed E-state index contributed by atoms with van der Waals surface area (Å²) in [5.41, 5.74) is 13.1. The van der Waals surface area contributed by atoms with E-state index in [4.69, 9.17) is 0 Å². The number of hydrogen-bond donors (Lipinski definition) is 0. The Morgan fingerprint density at radius 3 is 1.69 bits per heavy atom. The van der Waals surface area contributed by atoms with E-state index < -0.39 is 0 Å². The summed E-state index contributed by atoms with van der Waals surface area (Å²) in [4.78, 5) is 5.90. The summed E-state index contributed by atoms with van der Waals surface area (Å²) in [6.07, 6.45) is 14.7. The van der Waals surface area contributed by atoms with Gasteiger partial charge in [0.15, 0.2) is 0 Å². The molecule has 0 aliphatic carbocycles. The van der Waals surface area contributed by atoms with Crippen LogP contribution in [0.1, 0.15) is 46.2 Å². The van der Waals surface area contributed by atoms with Crippen molar-refractivity contribution in [1.82, 2.24) is 9.80 Å². The van der Waals surface area contributed by atoms with Gasteiger partial charge in [0.05, 0.1) is 0 Å². The largest absolute Gasteiger partial charge is 0.348 e. The minimum atomic E-state index is 0.0930. The Bertz CT molecular complexity index is 1070. The summed E-state index contributed by atoms with van der Waals surface area (Å²) in [5, 5.41) is 0. The standard InChI is InChI=1S/C27H26N2/c1-3-17-11-21-7-9-23-13-19-5-2-6-20-14-24-10-8-22-12-18(4-1)25(17)15-27(28(21)23,29(22)24)16-26(19)20/h1-8,23-24H,9-16H2. The summed E-state index contributed by atoms with van der Waals surface area (Å²) in [5.74, 6) is 0. The molecule has 0 fully saturated rings. The normalized spacial score (nSPS) is 32.1. The number of rotatable bonds is 0. The molecule has 3 bridgehead atoms. The van der Waals surface area contributed by atoms with E-state index in [0.29, 0.717) is 12.1 Å². The molecule has 0 radical (unpaired) electrons. The first kappa shape index (κ1) is 15.4. The van der Waals surface area contributed by atoms with Crippen molar-refractivity contribution in [3.8, 4) is 0 Å². The highest BCUT2D eigenvalue weighted by Crippen LogP contribution is 2.53. The zero-order valence-corrected chi connectivity index (χ0v) is 16.8. The summed E-state index contributed by atoms with van der Waals surface area (Å²) in [7, 11) is 0. The van der Waals surface area contributed by atoms with Gasteiger partial charge in [-0.2, -0.15) is 0 Å². The lowest BCUT2D eigenvalue weighted by Crippen LogP contribution is -2.64. The van der Waals surface area contributed by atoms with E-state index in [9.17, 15) is 0 Å². The molecule has 2 aromatic carbocycles. The van der Waals surface area contributed by atoms with Crippen molar-refractivity contribution in [2.75, 3.05) is 0 Å². The van der Waals surface area contributed by atoms with Crippen molar-refractivity contribution in [1.29, 1.82) is 0 Å². The van der Waals surface area contributed by atoms with E-state index in [2.05, 4.69) is 58.4 Å². The molecule has 2 unspecified atom stereocenters. The van der Waals surface area contributed by atoms with Crippen LogP contribution in [-0.4, -0.2) is 27.5 Å². The second-order valence-corrected chi connectivity index (χ2v) is 10.1. The lowest BCUT2D eigenvalue weighted by Gasteiger charge is -2.54. The smallest absolute Gasteiger partial charge is 0.121 e. The van der Waals surface area contributed by atoms with Gasteiger partial charge in [0.25, 0.3) is 0 Å². The predicted molar refractivity (Wildman–Crippen MR) is 114 cm³/mol. The Morgan fingerprint density at radius 1 is 0.655 bits per heavy atom. The first-order chi connectivity index (χ1) is 14.3. The van der Waals surface area contributed by atoms with Crippen molar-refractivity contribution >= 4 is 0 Å². The van der Waals surface area contributed by atoms with Gasteiger partial charge in [-0.15, -0.1) is 0 Å². The Morgan fingerprint density at radius 2 is 1.14 bits per heavy atom. The van der Waals surface area contributed by atoms with E-state index in [-0.39, 0.29) is 5.66 Å². The average molecular weight is 379 g/mol. The van der Waals surface area contributed by atoms with E-state index in [1.165, 1.54) is 38.5 Å². The lowest BCUT2D eigenvalue weighted by atomic mass is 9.87. The molecule has 0 amide bonds. The highest BCUT2D eigenvalue weighted by atomic mass is 15.5. The number of allylic oxidation sites excluding steroid dienone is 2. The Kier molecular flexibility index (Phi) is 2.64. The predicted octanol–water partition coefficient (Wildman–Crippen LogP) is 4.31. The van der Waals surface area contributed by atoms with Crippen molar-refractivity contribution < 1.29 is 0 Å². The van der Waals surface area contributed by atoms with E-state index >= 15 is 0 Å². The summed E-state index contributed by atoms with van der Waals surface area (Å²) in [6.45, 7) is 0. The molecule has 0 saturated heterocycles. The van der Waals surface area contributed by atoms with Gasteiger partial charge in [0, 0.05) is 49.2 Å². The zero-order chi connectivity index (χ0) is 18.7. The molecule has 1 spiro atoms. The molecule has 6 aliphatic heterocycles. The van der Waals surface area contributed by atoms with Crippen LogP contribution in [-0.2, 0) is 38.5 Å². The molecule has 2 nitrogen and oxygen atoms in total. The van der Waals surface area contributed by atoms with E-state index in [1.54, 1.807) is 44.8 Å². The molecule has 2 heteroatoms. The van der Waals surface area contributed by atoms with Gasteiger partial charge >= 0.3 is 0 Å². The summed E-state index contributed by atoms with van der Waals surface area (Å²) >= 11 is 0. The van der Waals surface area contributed by atoms with Crippen LogP contribution in [0.15, 0.2) is 59.9 Å². The van der Waals surface area contributed by atoms with Gasteiger partial charge in [-0.3, -0.25) is 0 Å². The molecule has 8 rings (SSSR count). The van der Waals surface area contributed by atoms with Gasteiger partial charge in [0.1, 0.15) is 5.66 Å². The molecule has 0 saturated carbocycles. The van der Waals surface area contributed by atoms with E-state index in [0.717, 1.165) is 12.8 Å². The maximum absolute atomic E-state index is 2.95. The Hall–Kier alpha value is -2.48. The minimum absolute atomic E-state index is 0.0930. The van der Waals surface area contributed by atoms with Gasteiger partial charge < -0.3 is 9.80 Å². The third-order valence-electron chi connectivity index (χ3n) is 8.81. The lowest BCUT2D eigenvalue weighted by molar-refractivity contribution is -0.0426. The van der Waals surface area contributed by atoms with E-state index in [1.807, 2.05) is 0 Å². The average Bonchev–Trinajstić information content (AvgIpc) is 3.12. The first-order valence-corrected chi connectivity index (χ1v) is 11.5. The highest BCUT2D eigenvalue weighted by molar-refractivity contribution is 5.51. The van der Waals surface area contributed by atoms with Crippen LogP contribution in [0, 0.1) is 0 Å². The number of hydrogen-bond acceptors (Lipinski definition) is 2. The first-order valence-electron chi connectivity index (χ1n) is 11.5. The molecule has 29 heavy (non-hydrogen) atoms. The maximum atomic E-state index is 2.95. The van der Waals surface area contributed by atoms with Crippen LogP contribution < -0.4 is 0 Å². The van der Waals surface area contributed by atoms with Gasteiger partial charge in [0.2, 0.25) is 0 Å². The highest BCUT2D eigenvalue weighted by Gasteiger charge is 2.56. The van der Waals surface area contributed by atoms with Crippen molar-refractivity contribution in [2.45, 2.75) is 69.1 Å². The van der Waals surface area contributed by atoms with Crippen molar-refractivity contribution in [3.05, 3.63) is 93.3 Å². The molecule has 2 aromatic rings. The second kappa shape index (κ2) is 4.98. The van der Waals surface area contributed by atoms with Crippen LogP contribution in [0.3, 0.4) is 0 Å². The Balaban J connectivity index is 1.50. The minimum Gasteiger partial charge on any atom is -0.348 e. The molecule has 6 heterocycles. The molecular formula is C27H26N2. The third kappa shape index (κ3) is 1.76. The molecule has 144 valence electrons. The number of nitrogens with zero attached hydrogens (tertiary/aromatic N) is 2. The zero-order valence-electron chi connectivity index (χ0n) is 16.8.